The van der Waals surface area contributed by atoms with Crippen LogP contribution in [0.5, 0.6) is 0 Å². The van der Waals surface area contributed by atoms with Gasteiger partial charge in [0.25, 0.3) is 0 Å². The molecule has 0 saturated carbocycles. The third-order valence-corrected chi connectivity index (χ3v) is 3.39. The van der Waals surface area contributed by atoms with E-state index in [1.807, 2.05) is 35.0 Å². The summed E-state index contributed by atoms with van der Waals surface area (Å²) >= 11 is 1.59. The zero-order valence-electron chi connectivity index (χ0n) is 10.7. The molecule has 5 heteroatoms. The van der Waals surface area contributed by atoms with Crippen LogP contribution in [0.2, 0.25) is 0 Å². The molecule has 0 aliphatic rings. The molecule has 2 aromatic heterocycles. The first-order chi connectivity index (χ1) is 9.29. The van der Waals surface area contributed by atoms with E-state index in [-0.39, 0.29) is 11.9 Å². The topological polar surface area (TPSA) is 51.2 Å². The molecule has 0 spiro atoms. The van der Waals surface area contributed by atoms with Gasteiger partial charge in [0.05, 0.1) is 24.8 Å². The van der Waals surface area contributed by atoms with Gasteiger partial charge in [-0.3, -0.25) is 9.78 Å². The number of carbonyl (C=O) groups excluding carboxylic acids is 1. The van der Waals surface area contributed by atoms with E-state index >= 15 is 0 Å². The van der Waals surface area contributed by atoms with Crippen LogP contribution >= 0.6 is 11.3 Å². The Morgan fingerprint density at radius 2 is 2.37 bits per heavy atom. The van der Waals surface area contributed by atoms with Gasteiger partial charge in [-0.15, -0.1) is 0 Å². The number of methoxy groups -OCH3 is 1. The van der Waals surface area contributed by atoms with Gasteiger partial charge in [-0.05, 0) is 34.5 Å². The number of pyridine rings is 1. The summed E-state index contributed by atoms with van der Waals surface area (Å²) in [5.41, 5.74) is 1.84. The average Bonchev–Trinajstić information content (AvgIpc) is 2.92. The highest BCUT2D eigenvalue weighted by atomic mass is 32.1. The van der Waals surface area contributed by atoms with Gasteiger partial charge in [-0.2, -0.15) is 11.3 Å². The zero-order valence-corrected chi connectivity index (χ0v) is 11.5. The molecule has 1 atom stereocenters. The molecule has 0 saturated heterocycles. The van der Waals surface area contributed by atoms with E-state index in [1.54, 1.807) is 24.6 Å². The quantitative estimate of drug-likeness (QED) is 0.880. The monoisotopic (exact) mass is 276 g/mol. The van der Waals surface area contributed by atoms with Crippen molar-refractivity contribution < 1.29 is 9.53 Å². The fraction of sp³-hybridized carbons (Fsp3) is 0.286. The van der Waals surface area contributed by atoms with Crippen LogP contribution in [0, 0.1) is 0 Å². The molecule has 4 nitrogen and oxygen atoms in total. The van der Waals surface area contributed by atoms with E-state index in [0.717, 1.165) is 11.3 Å². The number of amides is 1. The molecule has 0 unspecified atom stereocenters. The normalized spacial score (nSPS) is 12.1. The van der Waals surface area contributed by atoms with Crippen molar-refractivity contribution in [3.05, 3.63) is 52.5 Å². The minimum atomic E-state index is -0.211. The maximum absolute atomic E-state index is 12.0. The van der Waals surface area contributed by atoms with E-state index in [9.17, 15) is 4.79 Å². The number of hydrogen-bond acceptors (Lipinski definition) is 4. The van der Waals surface area contributed by atoms with Crippen LogP contribution < -0.4 is 5.32 Å². The Kier molecular flexibility index (Phi) is 5.06. The Morgan fingerprint density at radius 3 is 3.00 bits per heavy atom. The first-order valence-corrected chi connectivity index (χ1v) is 6.94. The lowest BCUT2D eigenvalue weighted by Gasteiger charge is -2.17. The molecular weight excluding hydrogens is 260 g/mol. The highest BCUT2D eigenvalue weighted by Crippen LogP contribution is 2.11. The van der Waals surface area contributed by atoms with Gasteiger partial charge in [0.2, 0.25) is 5.91 Å². The molecule has 0 bridgehead atoms. The number of rotatable bonds is 6. The summed E-state index contributed by atoms with van der Waals surface area (Å²) in [6.45, 7) is 0.409. The second-order valence-electron chi connectivity index (χ2n) is 4.14. The summed E-state index contributed by atoms with van der Waals surface area (Å²) in [7, 11) is 1.61. The molecular formula is C14H16N2O2S. The van der Waals surface area contributed by atoms with Crippen LogP contribution in [0.4, 0.5) is 0 Å². The van der Waals surface area contributed by atoms with Crippen molar-refractivity contribution in [1.29, 1.82) is 0 Å². The molecule has 2 aromatic rings. The molecule has 0 aromatic carbocycles. The fourth-order valence-electron chi connectivity index (χ4n) is 1.77. The van der Waals surface area contributed by atoms with Gasteiger partial charge >= 0.3 is 0 Å². The van der Waals surface area contributed by atoms with Crippen molar-refractivity contribution >= 4 is 17.2 Å². The van der Waals surface area contributed by atoms with Crippen LogP contribution in [0.1, 0.15) is 17.3 Å². The van der Waals surface area contributed by atoms with Crippen LogP contribution in [-0.2, 0) is 16.0 Å². The number of ether oxygens (including phenoxy) is 1. The minimum absolute atomic E-state index is 0.0221. The van der Waals surface area contributed by atoms with Crippen molar-refractivity contribution in [2.75, 3.05) is 13.7 Å². The molecule has 0 aliphatic heterocycles. The first-order valence-electron chi connectivity index (χ1n) is 6.00. The molecule has 19 heavy (non-hydrogen) atoms. The van der Waals surface area contributed by atoms with Gasteiger partial charge in [-0.1, -0.05) is 6.07 Å². The molecule has 0 fully saturated rings. The highest BCUT2D eigenvalue weighted by molar-refractivity contribution is 7.07. The number of carbonyl (C=O) groups is 1. The molecule has 1 amide bonds. The third-order valence-electron chi connectivity index (χ3n) is 2.66. The molecule has 1 N–H and O–H groups in total. The lowest BCUT2D eigenvalue weighted by atomic mass is 10.1. The summed E-state index contributed by atoms with van der Waals surface area (Å²) in [6.07, 6.45) is 2.10. The average molecular weight is 276 g/mol. The highest BCUT2D eigenvalue weighted by Gasteiger charge is 2.15. The first kappa shape index (κ1) is 13.7. The Hall–Kier alpha value is -1.72. The van der Waals surface area contributed by atoms with Gasteiger partial charge < -0.3 is 10.1 Å². The number of aromatic nitrogens is 1. The fourth-order valence-corrected chi connectivity index (χ4v) is 2.44. The van der Waals surface area contributed by atoms with Crippen molar-refractivity contribution in [1.82, 2.24) is 10.3 Å². The molecule has 0 radical (unpaired) electrons. The van der Waals surface area contributed by atoms with E-state index in [0.29, 0.717) is 13.0 Å². The standard InChI is InChI=1S/C14H16N2O2S/c1-18-9-13(12-4-2-3-6-15-12)16-14(17)8-11-5-7-19-10-11/h2-7,10,13H,8-9H2,1H3,(H,16,17)/t13-/m1/s1. The summed E-state index contributed by atoms with van der Waals surface area (Å²) in [5, 5.41) is 6.89. The predicted molar refractivity (Wildman–Crippen MR) is 75.0 cm³/mol. The van der Waals surface area contributed by atoms with Gasteiger partial charge in [0.1, 0.15) is 0 Å². The van der Waals surface area contributed by atoms with Crippen LogP contribution in [0.15, 0.2) is 41.2 Å². The van der Waals surface area contributed by atoms with E-state index in [2.05, 4.69) is 10.3 Å². The van der Waals surface area contributed by atoms with Crippen LogP contribution in [0.25, 0.3) is 0 Å². The largest absolute Gasteiger partial charge is 0.382 e. The molecule has 2 heterocycles. The smallest absolute Gasteiger partial charge is 0.225 e. The second-order valence-corrected chi connectivity index (χ2v) is 4.92. The Balaban J connectivity index is 1.98. The molecule has 2 rings (SSSR count). The van der Waals surface area contributed by atoms with Crippen LogP contribution in [0.3, 0.4) is 0 Å². The maximum atomic E-state index is 12.0. The Bertz CT molecular complexity index is 499. The van der Waals surface area contributed by atoms with Gasteiger partial charge in [0.15, 0.2) is 0 Å². The lowest BCUT2D eigenvalue weighted by Crippen LogP contribution is -2.32. The van der Waals surface area contributed by atoms with Crippen LogP contribution in [-0.4, -0.2) is 24.6 Å². The van der Waals surface area contributed by atoms with Crippen molar-refractivity contribution in [3.8, 4) is 0 Å². The summed E-state index contributed by atoms with van der Waals surface area (Å²) in [4.78, 5) is 16.2. The van der Waals surface area contributed by atoms with Crippen molar-refractivity contribution in [3.63, 3.8) is 0 Å². The minimum Gasteiger partial charge on any atom is -0.382 e. The zero-order chi connectivity index (χ0) is 13.5. The molecule has 0 aliphatic carbocycles. The summed E-state index contributed by atoms with van der Waals surface area (Å²) in [6, 6.07) is 7.37. The summed E-state index contributed by atoms with van der Waals surface area (Å²) < 4.78 is 5.14. The van der Waals surface area contributed by atoms with Crippen molar-refractivity contribution in [2.24, 2.45) is 0 Å². The van der Waals surface area contributed by atoms with Gasteiger partial charge in [-0.25, -0.2) is 0 Å². The maximum Gasteiger partial charge on any atom is 0.225 e. The summed E-state index contributed by atoms with van der Waals surface area (Å²) in [5.74, 6) is -0.0221. The van der Waals surface area contributed by atoms with Crippen molar-refractivity contribution in [2.45, 2.75) is 12.5 Å². The molecule has 100 valence electrons. The van der Waals surface area contributed by atoms with E-state index in [1.165, 1.54) is 0 Å². The number of thiophene rings is 1. The van der Waals surface area contributed by atoms with Gasteiger partial charge in [0, 0.05) is 13.3 Å². The van der Waals surface area contributed by atoms with E-state index < -0.39 is 0 Å². The third kappa shape index (κ3) is 4.15. The number of hydrogen-bond donors (Lipinski definition) is 1. The lowest BCUT2D eigenvalue weighted by molar-refractivity contribution is -0.121. The number of nitrogens with one attached hydrogen (secondary N) is 1. The Morgan fingerprint density at radius 1 is 1.47 bits per heavy atom. The predicted octanol–water partition coefficient (Wildman–Crippen LogP) is 2.19. The second kappa shape index (κ2) is 7.01. The SMILES string of the molecule is COC[C@@H](NC(=O)Cc1ccsc1)c1ccccn1. The number of nitrogens with zero attached hydrogens (tertiary/aromatic N) is 1. The van der Waals surface area contributed by atoms with E-state index in [4.69, 9.17) is 4.74 Å². The Labute approximate surface area is 116 Å².